The van der Waals surface area contributed by atoms with E-state index in [1.54, 1.807) is 22.5 Å². The van der Waals surface area contributed by atoms with Gasteiger partial charge in [0, 0.05) is 17.3 Å². The molecule has 0 spiro atoms. The monoisotopic (exact) mass is 339 g/mol. The van der Waals surface area contributed by atoms with Gasteiger partial charge >= 0.3 is 5.97 Å². The average molecular weight is 339 g/mol. The van der Waals surface area contributed by atoms with Crippen LogP contribution in [0.5, 0.6) is 0 Å². The Balaban J connectivity index is 1.78. The lowest BCUT2D eigenvalue weighted by Gasteiger charge is -2.04. The summed E-state index contributed by atoms with van der Waals surface area (Å²) in [5.41, 5.74) is 2.32. The number of fused-ring (bicyclic) bond motifs is 1. The third kappa shape index (κ3) is 3.36. The largest absolute Gasteiger partial charge is 0.465 e. The minimum atomic E-state index is -0.435. The molecule has 4 nitrogen and oxygen atoms in total. The van der Waals surface area contributed by atoms with Gasteiger partial charge in [0.1, 0.15) is 0 Å². The Kier molecular flexibility index (Phi) is 5.01. The van der Waals surface area contributed by atoms with Gasteiger partial charge in [0.25, 0.3) is 0 Å². The third-order valence-corrected chi connectivity index (χ3v) is 4.71. The highest BCUT2D eigenvalue weighted by atomic mass is 32.2. The Bertz CT molecular complexity index is 871. The maximum Gasteiger partial charge on any atom is 0.340 e. The van der Waals surface area contributed by atoms with Crippen molar-refractivity contribution in [3.05, 3.63) is 71.9 Å². The molecule has 0 fully saturated rings. The van der Waals surface area contributed by atoms with Gasteiger partial charge in [-0.15, -0.1) is 11.8 Å². The van der Waals surface area contributed by atoms with Crippen LogP contribution in [0.3, 0.4) is 0 Å². The normalized spacial score (nSPS) is 10.7. The zero-order valence-electron chi connectivity index (χ0n) is 13.3. The minimum Gasteiger partial charge on any atom is -0.465 e. The van der Waals surface area contributed by atoms with Crippen molar-refractivity contribution in [1.29, 1.82) is 0 Å². The van der Waals surface area contributed by atoms with Gasteiger partial charge in [-0.05, 0) is 11.6 Å². The summed E-state index contributed by atoms with van der Waals surface area (Å²) < 4.78 is 6.35. The first-order chi connectivity index (χ1) is 11.7. The van der Waals surface area contributed by atoms with Crippen molar-refractivity contribution >= 4 is 34.5 Å². The number of ether oxygens (including phenoxy) is 1. The molecule has 0 aliphatic carbocycles. The number of hydrogen-bond acceptors (Lipinski definition) is 4. The fourth-order valence-corrected chi connectivity index (χ4v) is 3.40. The lowest BCUT2D eigenvalue weighted by molar-refractivity contribution is 0.0603. The van der Waals surface area contributed by atoms with Crippen molar-refractivity contribution in [2.75, 3.05) is 12.9 Å². The molecule has 0 atom stereocenters. The second-order valence-electron chi connectivity index (χ2n) is 5.29. The molecule has 122 valence electrons. The molecular weight excluding hydrogens is 322 g/mol. The molecule has 2 aromatic carbocycles. The molecular formula is C19H17NO3S. The van der Waals surface area contributed by atoms with Gasteiger partial charge in [-0.1, -0.05) is 48.5 Å². The van der Waals surface area contributed by atoms with Gasteiger partial charge in [-0.2, -0.15) is 0 Å². The first-order valence-corrected chi connectivity index (χ1v) is 8.69. The van der Waals surface area contributed by atoms with E-state index >= 15 is 0 Å². The third-order valence-electron chi connectivity index (χ3n) is 3.72. The molecule has 24 heavy (non-hydrogen) atoms. The van der Waals surface area contributed by atoms with Crippen LogP contribution in [0.4, 0.5) is 0 Å². The van der Waals surface area contributed by atoms with E-state index in [0.717, 1.165) is 16.7 Å². The molecule has 0 unspecified atom stereocenters. The average Bonchev–Trinajstić information content (AvgIpc) is 3.02. The zero-order chi connectivity index (χ0) is 16.9. The standard InChI is InChI=1S/C19H17NO3S/c1-23-19(22)16-11-20(17-10-6-5-9-15(16)17)18(21)13-24-12-14-7-3-2-4-8-14/h2-11H,12-13H2,1H3. The van der Waals surface area contributed by atoms with E-state index in [9.17, 15) is 9.59 Å². The summed E-state index contributed by atoms with van der Waals surface area (Å²) >= 11 is 1.55. The second kappa shape index (κ2) is 7.36. The molecule has 1 heterocycles. The maximum atomic E-state index is 12.6. The number of carbonyl (C=O) groups excluding carboxylic acids is 2. The van der Waals surface area contributed by atoms with Crippen LogP contribution >= 0.6 is 11.8 Å². The number of methoxy groups -OCH3 is 1. The van der Waals surface area contributed by atoms with Gasteiger partial charge < -0.3 is 4.74 Å². The highest BCUT2D eigenvalue weighted by Crippen LogP contribution is 2.23. The summed E-state index contributed by atoms with van der Waals surface area (Å²) in [5, 5.41) is 0.728. The summed E-state index contributed by atoms with van der Waals surface area (Å²) in [6.45, 7) is 0. The molecule has 0 amide bonds. The number of benzene rings is 2. The summed E-state index contributed by atoms with van der Waals surface area (Å²) in [5.74, 6) is 0.626. The van der Waals surface area contributed by atoms with Crippen LogP contribution in [-0.4, -0.2) is 29.3 Å². The van der Waals surface area contributed by atoms with Crippen LogP contribution < -0.4 is 0 Å². The molecule has 0 saturated heterocycles. The summed E-state index contributed by atoms with van der Waals surface area (Å²) in [6.07, 6.45) is 1.57. The lowest BCUT2D eigenvalue weighted by Crippen LogP contribution is -2.12. The van der Waals surface area contributed by atoms with Crippen LogP contribution in [0, 0.1) is 0 Å². The zero-order valence-corrected chi connectivity index (χ0v) is 14.1. The molecule has 0 N–H and O–H groups in total. The number of esters is 1. The minimum absolute atomic E-state index is 0.0534. The molecule has 0 aliphatic heterocycles. The maximum absolute atomic E-state index is 12.6. The molecule has 0 bridgehead atoms. The van der Waals surface area contributed by atoms with E-state index in [1.165, 1.54) is 12.7 Å². The molecule has 0 radical (unpaired) electrons. The smallest absolute Gasteiger partial charge is 0.340 e. The van der Waals surface area contributed by atoms with Gasteiger partial charge in [0.15, 0.2) is 0 Å². The number of para-hydroxylation sites is 1. The quantitative estimate of drug-likeness (QED) is 0.659. The molecule has 5 heteroatoms. The predicted molar refractivity (Wildman–Crippen MR) is 96.5 cm³/mol. The van der Waals surface area contributed by atoms with Crippen molar-refractivity contribution in [2.24, 2.45) is 0 Å². The SMILES string of the molecule is COC(=O)c1cn(C(=O)CSCc2ccccc2)c2ccccc12. The van der Waals surface area contributed by atoms with Crippen LogP contribution in [0.15, 0.2) is 60.8 Å². The molecule has 0 saturated carbocycles. The van der Waals surface area contributed by atoms with Crippen LogP contribution in [0.25, 0.3) is 10.9 Å². The second-order valence-corrected chi connectivity index (χ2v) is 6.28. The van der Waals surface area contributed by atoms with E-state index < -0.39 is 5.97 Å². The van der Waals surface area contributed by atoms with Crippen LogP contribution in [0.1, 0.15) is 20.7 Å². The number of thioether (sulfide) groups is 1. The number of aromatic nitrogens is 1. The van der Waals surface area contributed by atoms with Gasteiger partial charge in [-0.3, -0.25) is 9.36 Å². The number of hydrogen-bond donors (Lipinski definition) is 0. The Morgan fingerprint density at radius 3 is 2.50 bits per heavy atom. The van der Waals surface area contributed by atoms with Crippen LogP contribution in [-0.2, 0) is 10.5 Å². The van der Waals surface area contributed by atoms with E-state index in [1.807, 2.05) is 54.6 Å². The Morgan fingerprint density at radius 1 is 1.04 bits per heavy atom. The van der Waals surface area contributed by atoms with E-state index in [-0.39, 0.29) is 5.91 Å². The van der Waals surface area contributed by atoms with Gasteiger partial charge in [0.05, 0.1) is 23.9 Å². The van der Waals surface area contributed by atoms with Crippen molar-refractivity contribution < 1.29 is 14.3 Å². The lowest BCUT2D eigenvalue weighted by atomic mass is 10.2. The summed E-state index contributed by atoms with van der Waals surface area (Å²) in [6, 6.07) is 17.4. The first kappa shape index (κ1) is 16.3. The highest BCUT2D eigenvalue weighted by Gasteiger charge is 2.18. The Morgan fingerprint density at radius 2 is 1.75 bits per heavy atom. The van der Waals surface area contributed by atoms with E-state index in [4.69, 9.17) is 4.74 Å². The number of carbonyl (C=O) groups is 2. The first-order valence-electron chi connectivity index (χ1n) is 7.54. The number of nitrogens with zero attached hydrogens (tertiary/aromatic N) is 1. The van der Waals surface area contributed by atoms with Crippen molar-refractivity contribution in [3.8, 4) is 0 Å². The van der Waals surface area contributed by atoms with Crippen LogP contribution in [0.2, 0.25) is 0 Å². The fourth-order valence-electron chi connectivity index (χ4n) is 2.56. The van der Waals surface area contributed by atoms with Crippen molar-refractivity contribution in [2.45, 2.75) is 5.75 Å². The van der Waals surface area contributed by atoms with E-state index in [0.29, 0.717) is 11.3 Å². The molecule has 3 rings (SSSR count). The molecule has 0 aliphatic rings. The summed E-state index contributed by atoms with van der Waals surface area (Å²) in [4.78, 5) is 24.5. The topological polar surface area (TPSA) is 48.3 Å². The number of rotatable bonds is 5. The molecule has 3 aromatic rings. The van der Waals surface area contributed by atoms with E-state index in [2.05, 4.69) is 0 Å². The Labute approximate surface area is 144 Å². The highest BCUT2D eigenvalue weighted by molar-refractivity contribution is 7.99. The fraction of sp³-hybridized carbons (Fsp3) is 0.158. The van der Waals surface area contributed by atoms with Gasteiger partial charge in [-0.25, -0.2) is 4.79 Å². The molecule has 1 aromatic heterocycles. The van der Waals surface area contributed by atoms with Crippen molar-refractivity contribution in [1.82, 2.24) is 4.57 Å². The summed E-state index contributed by atoms with van der Waals surface area (Å²) in [7, 11) is 1.34. The van der Waals surface area contributed by atoms with Gasteiger partial charge in [0.2, 0.25) is 5.91 Å². The van der Waals surface area contributed by atoms with Crippen molar-refractivity contribution in [3.63, 3.8) is 0 Å². The Hall–Kier alpha value is -2.53. The predicted octanol–water partition coefficient (Wildman–Crippen LogP) is 4.00.